The second-order valence-corrected chi connectivity index (χ2v) is 6.89. The van der Waals surface area contributed by atoms with E-state index in [1.165, 1.54) is 11.8 Å². The lowest BCUT2D eigenvalue weighted by Crippen LogP contribution is -2.39. The molecule has 4 nitrogen and oxygen atoms in total. The van der Waals surface area contributed by atoms with Crippen molar-refractivity contribution in [2.24, 2.45) is 23.7 Å². The standard InChI is InChI=1S/C16H30O4S/c1-7-13(17)11(4)15(19)12(5)14(18)9(2)8-10(3)16(20)21-6/h9-13,15,17,19H,7-8H2,1-6H3/t9-,10+,11+,12+,13-,15+/m1/s1. The number of aliphatic hydroxyl groups is 2. The Balaban J connectivity index is 4.65. The van der Waals surface area contributed by atoms with Crippen LogP contribution in [0.25, 0.3) is 0 Å². The lowest BCUT2D eigenvalue weighted by Gasteiger charge is -2.29. The van der Waals surface area contributed by atoms with Gasteiger partial charge in [0, 0.05) is 23.7 Å². The molecule has 0 unspecified atom stereocenters. The summed E-state index contributed by atoms with van der Waals surface area (Å²) in [6.07, 6.45) is 1.32. The van der Waals surface area contributed by atoms with Crippen molar-refractivity contribution in [3.63, 3.8) is 0 Å². The van der Waals surface area contributed by atoms with Crippen molar-refractivity contribution in [3.8, 4) is 0 Å². The van der Waals surface area contributed by atoms with E-state index < -0.39 is 18.1 Å². The average molecular weight is 318 g/mol. The van der Waals surface area contributed by atoms with Gasteiger partial charge in [-0.3, -0.25) is 9.59 Å². The van der Waals surface area contributed by atoms with E-state index >= 15 is 0 Å². The third kappa shape index (κ3) is 6.09. The number of thioether (sulfide) groups is 1. The van der Waals surface area contributed by atoms with Gasteiger partial charge in [0.25, 0.3) is 0 Å². The Labute approximate surface area is 132 Å². The first kappa shape index (κ1) is 20.6. The summed E-state index contributed by atoms with van der Waals surface area (Å²) in [5, 5.41) is 20.1. The first-order valence-electron chi connectivity index (χ1n) is 7.64. The molecule has 0 heterocycles. The van der Waals surface area contributed by atoms with E-state index in [1.54, 1.807) is 27.0 Å². The van der Waals surface area contributed by atoms with Gasteiger partial charge in [0.2, 0.25) is 0 Å². The monoisotopic (exact) mass is 318 g/mol. The number of carbonyl (C=O) groups excluding carboxylic acids is 2. The topological polar surface area (TPSA) is 74.6 Å². The predicted molar refractivity (Wildman–Crippen MR) is 87.1 cm³/mol. The Morgan fingerprint density at radius 3 is 2.00 bits per heavy atom. The summed E-state index contributed by atoms with van der Waals surface area (Å²) in [5.41, 5.74) is 0. The molecule has 0 aromatic rings. The van der Waals surface area contributed by atoms with Crippen molar-refractivity contribution in [1.29, 1.82) is 0 Å². The van der Waals surface area contributed by atoms with Crippen LogP contribution in [0.5, 0.6) is 0 Å². The highest BCUT2D eigenvalue weighted by atomic mass is 32.2. The smallest absolute Gasteiger partial charge is 0.191 e. The third-order valence-corrected chi connectivity index (χ3v) is 5.13. The molecule has 0 aliphatic heterocycles. The molecular weight excluding hydrogens is 288 g/mol. The average Bonchev–Trinajstić information content (AvgIpc) is 2.49. The van der Waals surface area contributed by atoms with E-state index in [-0.39, 0.29) is 28.7 Å². The zero-order valence-electron chi connectivity index (χ0n) is 14.0. The molecule has 0 aromatic heterocycles. The molecule has 0 saturated carbocycles. The van der Waals surface area contributed by atoms with E-state index in [9.17, 15) is 19.8 Å². The minimum absolute atomic E-state index is 0.0431. The molecule has 0 radical (unpaired) electrons. The molecule has 0 aliphatic carbocycles. The van der Waals surface area contributed by atoms with Gasteiger partial charge >= 0.3 is 0 Å². The van der Waals surface area contributed by atoms with E-state index in [0.717, 1.165) is 0 Å². The number of hydrogen-bond donors (Lipinski definition) is 2. The van der Waals surface area contributed by atoms with Gasteiger partial charge < -0.3 is 10.2 Å². The molecule has 0 aliphatic rings. The zero-order valence-corrected chi connectivity index (χ0v) is 14.8. The summed E-state index contributed by atoms with van der Waals surface area (Å²) >= 11 is 1.18. The molecule has 0 spiro atoms. The fourth-order valence-corrected chi connectivity index (χ4v) is 3.11. The first-order valence-corrected chi connectivity index (χ1v) is 8.87. The third-order valence-electron chi connectivity index (χ3n) is 4.32. The number of ketones is 1. The predicted octanol–water partition coefficient (Wildman–Crippen LogP) is 2.51. The largest absolute Gasteiger partial charge is 0.393 e. The molecule has 0 bridgehead atoms. The highest BCUT2D eigenvalue weighted by Crippen LogP contribution is 2.25. The van der Waals surface area contributed by atoms with E-state index in [0.29, 0.717) is 12.8 Å². The van der Waals surface area contributed by atoms with Crippen LogP contribution in [0.1, 0.15) is 47.5 Å². The van der Waals surface area contributed by atoms with Crippen LogP contribution in [0.3, 0.4) is 0 Å². The lowest BCUT2D eigenvalue weighted by atomic mass is 9.81. The van der Waals surface area contributed by atoms with Crippen molar-refractivity contribution < 1.29 is 19.8 Å². The number of rotatable bonds is 9. The van der Waals surface area contributed by atoms with Crippen molar-refractivity contribution in [2.75, 3.05) is 6.26 Å². The second-order valence-electron chi connectivity index (χ2n) is 6.08. The van der Waals surface area contributed by atoms with E-state index in [1.807, 2.05) is 13.8 Å². The molecule has 124 valence electrons. The van der Waals surface area contributed by atoms with Crippen LogP contribution in [0.4, 0.5) is 0 Å². The van der Waals surface area contributed by atoms with Crippen LogP contribution in [0.2, 0.25) is 0 Å². The van der Waals surface area contributed by atoms with Crippen molar-refractivity contribution in [1.82, 2.24) is 0 Å². The maximum absolute atomic E-state index is 12.4. The molecule has 21 heavy (non-hydrogen) atoms. The molecule has 0 fully saturated rings. The van der Waals surface area contributed by atoms with Crippen LogP contribution in [-0.4, -0.2) is 39.6 Å². The highest BCUT2D eigenvalue weighted by molar-refractivity contribution is 8.13. The maximum Gasteiger partial charge on any atom is 0.191 e. The number of aliphatic hydroxyl groups excluding tert-OH is 2. The minimum atomic E-state index is -0.860. The van der Waals surface area contributed by atoms with Crippen LogP contribution < -0.4 is 0 Å². The molecule has 5 heteroatoms. The summed E-state index contributed by atoms with van der Waals surface area (Å²) in [5.74, 6) is -1.36. The summed E-state index contributed by atoms with van der Waals surface area (Å²) < 4.78 is 0. The number of Topliss-reactive ketones (excluding diaryl/α,β-unsaturated/α-hetero) is 1. The zero-order chi connectivity index (χ0) is 16.7. The van der Waals surface area contributed by atoms with Gasteiger partial charge in [-0.1, -0.05) is 46.4 Å². The van der Waals surface area contributed by atoms with Gasteiger partial charge in [-0.05, 0) is 19.1 Å². The van der Waals surface area contributed by atoms with Crippen molar-refractivity contribution >= 4 is 22.7 Å². The highest BCUT2D eigenvalue weighted by Gasteiger charge is 2.33. The number of carbonyl (C=O) groups is 2. The molecule has 0 rings (SSSR count). The molecule has 0 aromatic carbocycles. The van der Waals surface area contributed by atoms with Crippen LogP contribution >= 0.6 is 11.8 Å². The molecule has 2 N–H and O–H groups in total. The summed E-state index contributed by atoms with van der Waals surface area (Å²) in [4.78, 5) is 24.0. The van der Waals surface area contributed by atoms with Crippen LogP contribution in [0.15, 0.2) is 0 Å². The quantitative estimate of drug-likeness (QED) is 0.683. The summed E-state index contributed by atoms with van der Waals surface area (Å²) in [7, 11) is 0. The minimum Gasteiger partial charge on any atom is -0.393 e. The molecular formula is C16H30O4S. The molecule has 6 atom stereocenters. The number of hydrogen-bond acceptors (Lipinski definition) is 5. The van der Waals surface area contributed by atoms with Gasteiger partial charge in [-0.25, -0.2) is 0 Å². The van der Waals surface area contributed by atoms with E-state index in [2.05, 4.69) is 0 Å². The first-order chi connectivity index (χ1) is 9.67. The lowest BCUT2D eigenvalue weighted by molar-refractivity contribution is -0.132. The summed E-state index contributed by atoms with van der Waals surface area (Å²) in [6.45, 7) is 8.93. The van der Waals surface area contributed by atoms with Gasteiger partial charge in [0.05, 0.1) is 12.2 Å². The SMILES string of the molecule is CC[C@@H](O)[C@H](C)[C@H](O)[C@@H](C)C(=O)[C@H](C)C[C@H](C)C(=O)SC. The Kier molecular flexibility index (Phi) is 9.41. The molecule has 0 saturated heterocycles. The van der Waals surface area contributed by atoms with Gasteiger partial charge in [0.1, 0.15) is 5.78 Å². The van der Waals surface area contributed by atoms with Crippen molar-refractivity contribution in [3.05, 3.63) is 0 Å². The van der Waals surface area contributed by atoms with Gasteiger partial charge in [-0.15, -0.1) is 0 Å². The Morgan fingerprint density at radius 1 is 1.05 bits per heavy atom. The fraction of sp³-hybridized carbons (Fsp3) is 0.875. The van der Waals surface area contributed by atoms with Crippen molar-refractivity contribution in [2.45, 2.75) is 59.7 Å². The van der Waals surface area contributed by atoms with E-state index in [4.69, 9.17) is 0 Å². The maximum atomic E-state index is 12.4. The normalized spacial score (nSPS) is 20.2. The van der Waals surface area contributed by atoms with Crippen LogP contribution in [-0.2, 0) is 9.59 Å². The van der Waals surface area contributed by atoms with Gasteiger partial charge in [0.15, 0.2) is 5.12 Å². The Bertz CT molecular complexity index is 345. The second kappa shape index (κ2) is 9.59. The summed E-state index contributed by atoms with van der Waals surface area (Å²) in [6, 6.07) is 0. The fourth-order valence-electron chi connectivity index (χ4n) is 2.62. The molecule has 0 amide bonds. The Morgan fingerprint density at radius 2 is 1.57 bits per heavy atom. The Hall–Kier alpha value is -0.390. The van der Waals surface area contributed by atoms with Crippen LogP contribution in [0, 0.1) is 23.7 Å². The van der Waals surface area contributed by atoms with Gasteiger partial charge in [-0.2, -0.15) is 0 Å².